The third kappa shape index (κ3) is 15.0. The summed E-state index contributed by atoms with van der Waals surface area (Å²) in [5.74, 6) is -2.43. The molecule has 1 aliphatic rings. The minimum atomic E-state index is -1.22. The normalized spacial score (nSPS) is 19.4. The Balaban J connectivity index is 1.76. The molecule has 0 fully saturated rings. The van der Waals surface area contributed by atoms with E-state index in [4.69, 9.17) is 0 Å². The number of fused-ring (bicyclic) bond motifs is 5. The summed E-state index contributed by atoms with van der Waals surface area (Å²) in [4.78, 5) is 67.0. The Morgan fingerprint density at radius 1 is 0.754 bits per heavy atom. The number of aliphatic hydroxyl groups excluding tert-OH is 2. The number of phenolic OH excluding ortho intramolecular Hbond substituents is 1. The molecule has 7 atom stereocenters. The molecule has 3 rings (SSSR count). The molecular formula is C39H62N10O8. The third-order valence-corrected chi connectivity index (χ3v) is 9.81. The summed E-state index contributed by atoms with van der Waals surface area (Å²) in [5, 5.41) is 59.5. The summed E-state index contributed by atoms with van der Waals surface area (Å²) in [6.45, 7) is 0.737. The Morgan fingerprint density at radius 2 is 1.44 bits per heavy atom. The Kier molecular flexibility index (Phi) is 19.8. The molecule has 0 saturated carbocycles. The van der Waals surface area contributed by atoms with Gasteiger partial charge in [-0.25, -0.2) is 0 Å². The van der Waals surface area contributed by atoms with Gasteiger partial charge in [0.1, 0.15) is 23.9 Å². The first kappa shape index (κ1) is 46.7. The number of hydrogen-bond donors (Lipinski definition) is 13. The van der Waals surface area contributed by atoms with E-state index in [2.05, 4.69) is 53.2 Å². The van der Waals surface area contributed by atoms with Gasteiger partial charge in [0, 0.05) is 52.0 Å². The summed E-state index contributed by atoms with van der Waals surface area (Å²) in [7, 11) is 8.18. The Morgan fingerprint density at radius 3 is 2.12 bits per heavy atom. The van der Waals surface area contributed by atoms with Crippen LogP contribution >= 0.6 is 0 Å². The molecule has 0 aromatic heterocycles. The van der Waals surface area contributed by atoms with Gasteiger partial charge in [-0.2, -0.15) is 0 Å². The van der Waals surface area contributed by atoms with Crippen molar-refractivity contribution in [3.63, 3.8) is 0 Å². The van der Waals surface area contributed by atoms with E-state index in [0.29, 0.717) is 30.5 Å². The second kappa shape index (κ2) is 24.2. The molecule has 316 valence electrons. The molecule has 1 heterocycles. The van der Waals surface area contributed by atoms with Crippen LogP contribution in [0.3, 0.4) is 0 Å². The van der Waals surface area contributed by atoms with Gasteiger partial charge < -0.3 is 68.5 Å². The molecule has 1 unspecified atom stereocenters. The zero-order chi connectivity index (χ0) is 41.9. The van der Waals surface area contributed by atoms with Crippen LogP contribution in [-0.2, 0) is 36.8 Å². The molecule has 0 saturated heterocycles. The highest BCUT2D eigenvalue weighted by molar-refractivity contribution is 5.93. The monoisotopic (exact) mass is 798 g/mol. The molecule has 2 aromatic rings. The van der Waals surface area contributed by atoms with Gasteiger partial charge >= 0.3 is 0 Å². The predicted octanol–water partition coefficient (Wildman–Crippen LogP) is -3.43. The van der Waals surface area contributed by atoms with Gasteiger partial charge in [-0.05, 0) is 82.5 Å². The number of benzene rings is 2. The van der Waals surface area contributed by atoms with Crippen LogP contribution in [0.25, 0.3) is 11.1 Å². The Hall–Kier alpha value is -4.69. The second-order valence-corrected chi connectivity index (χ2v) is 14.2. The average molecular weight is 799 g/mol. The molecule has 2 aromatic carbocycles. The van der Waals surface area contributed by atoms with Crippen LogP contribution in [0.5, 0.6) is 5.75 Å². The number of likely N-dealkylation sites (N-methyl/N-ethyl adjacent to an activating group) is 5. The number of amides is 5. The highest BCUT2D eigenvalue weighted by Crippen LogP contribution is 2.28. The lowest BCUT2D eigenvalue weighted by Crippen LogP contribution is -2.58. The predicted molar refractivity (Wildman–Crippen MR) is 216 cm³/mol. The van der Waals surface area contributed by atoms with E-state index in [-0.39, 0.29) is 63.0 Å². The summed E-state index contributed by atoms with van der Waals surface area (Å²) in [5.41, 5.74) is 2.80. The fraction of sp³-hybridized carbons (Fsp3) is 0.564. The number of hydrogen-bond acceptors (Lipinski definition) is 13. The van der Waals surface area contributed by atoms with Crippen LogP contribution in [0.4, 0.5) is 0 Å². The first-order valence-electron chi connectivity index (χ1n) is 19.4. The smallest absolute Gasteiger partial charge is 0.243 e. The van der Waals surface area contributed by atoms with Crippen molar-refractivity contribution in [1.82, 2.24) is 53.2 Å². The van der Waals surface area contributed by atoms with Crippen LogP contribution in [-0.4, -0.2) is 155 Å². The molecule has 0 aliphatic carbocycles. The fourth-order valence-corrected chi connectivity index (χ4v) is 6.51. The maximum absolute atomic E-state index is 13.9. The van der Waals surface area contributed by atoms with E-state index < -0.39 is 60.1 Å². The van der Waals surface area contributed by atoms with Gasteiger partial charge in [0.25, 0.3) is 0 Å². The number of carbonyl (C=O) groups excluding carboxylic acids is 5. The number of carbonyl (C=O) groups is 5. The van der Waals surface area contributed by atoms with Gasteiger partial charge in [0.2, 0.25) is 29.5 Å². The van der Waals surface area contributed by atoms with Crippen molar-refractivity contribution in [2.45, 2.75) is 74.5 Å². The van der Waals surface area contributed by atoms with Gasteiger partial charge in [-0.3, -0.25) is 24.0 Å². The molecule has 4 bridgehead atoms. The van der Waals surface area contributed by atoms with E-state index in [1.807, 2.05) is 24.3 Å². The average Bonchev–Trinajstić information content (AvgIpc) is 3.19. The second-order valence-electron chi connectivity index (χ2n) is 14.2. The lowest BCUT2D eigenvalue weighted by atomic mass is 9.96. The number of aliphatic hydroxyl groups is 2. The van der Waals surface area contributed by atoms with E-state index in [1.165, 1.54) is 0 Å². The molecule has 0 spiro atoms. The van der Waals surface area contributed by atoms with E-state index in [9.17, 15) is 39.3 Å². The van der Waals surface area contributed by atoms with Gasteiger partial charge in [0.05, 0.1) is 24.3 Å². The van der Waals surface area contributed by atoms with Crippen LogP contribution in [0, 0.1) is 0 Å². The van der Waals surface area contributed by atoms with E-state index in [1.54, 1.807) is 53.4 Å². The van der Waals surface area contributed by atoms with Crippen molar-refractivity contribution in [3.05, 3.63) is 53.6 Å². The van der Waals surface area contributed by atoms with Gasteiger partial charge in [-0.1, -0.05) is 30.3 Å². The van der Waals surface area contributed by atoms with Crippen molar-refractivity contribution in [2.24, 2.45) is 0 Å². The lowest BCUT2D eigenvalue weighted by molar-refractivity contribution is -0.133. The topological polar surface area (TPSA) is 266 Å². The molecule has 13 N–H and O–H groups in total. The van der Waals surface area contributed by atoms with Crippen LogP contribution in [0.2, 0.25) is 0 Å². The van der Waals surface area contributed by atoms with Crippen molar-refractivity contribution in [1.29, 1.82) is 0 Å². The third-order valence-electron chi connectivity index (χ3n) is 9.81. The minimum absolute atomic E-state index is 0.0109. The highest BCUT2D eigenvalue weighted by atomic mass is 16.3. The van der Waals surface area contributed by atoms with Crippen molar-refractivity contribution >= 4 is 29.5 Å². The zero-order valence-corrected chi connectivity index (χ0v) is 33.5. The Labute approximate surface area is 334 Å². The summed E-state index contributed by atoms with van der Waals surface area (Å²) in [6, 6.07) is 7.96. The number of phenols is 1. The maximum atomic E-state index is 13.9. The van der Waals surface area contributed by atoms with Crippen molar-refractivity contribution in [2.75, 3.05) is 68.0 Å². The number of aromatic hydroxyl groups is 1. The first-order chi connectivity index (χ1) is 27.3. The quantitative estimate of drug-likeness (QED) is 0.0583. The number of nitrogens with one attached hydrogen (secondary N) is 10. The maximum Gasteiger partial charge on any atom is 0.243 e. The SMILES string of the molecule is CNCC(O)CNC(=O)[C@H](CCCNC(=O)[C@H](CNC(=O)[C@@H]1Cc2cccc(c2)-c2ccc(O)c(c2)C[C@H](NC)C(=O)N[C@@H](C[C@@H](O)CNC)C(=O)N1)NC)NC. The highest BCUT2D eigenvalue weighted by Gasteiger charge is 2.32. The summed E-state index contributed by atoms with van der Waals surface area (Å²) in [6.07, 6.45) is -0.820. The van der Waals surface area contributed by atoms with Crippen LogP contribution in [0.15, 0.2) is 42.5 Å². The van der Waals surface area contributed by atoms with E-state index in [0.717, 1.165) is 11.1 Å². The zero-order valence-electron chi connectivity index (χ0n) is 33.5. The summed E-state index contributed by atoms with van der Waals surface area (Å²) < 4.78 is 0. The minimum Gasteiger partial charge on any atom is -0.508 e. The first-order valence-corrected chi connectivity index (χ1v) is 19.4. The molecule has 5 amide bonds. The molecular weight excluding hydrogens is 736 g/mol. The lowest BCUT2D eigenvalue weighted by Gasteiger charge is -2.27. The van der Waals surface area contributed by atoms with Crippen LogP contribution < -0.4 is 53.2 Å². The van der Waals surface area contributed by atoms with Gasteiger partial charge in [-0.15, -0.1) is 0 Å². The van der Waals surface area contributed by atoms with Crippen LogP contribution in [0.1, 0.15) is 30.4 Å². The molecule has 18 nitrogen and oxygen atoms in total. The van der Waals surface area contributed by atoms with Gasteiger partial charge in [0.15, 0.2) is 0 Å². The van der Waals surface area contributed by atoms with Crippen molar-refractivity contribution < 1.29 is 39.3 Å². The Bertz CT molecular complexity index is 1630. The molecule has 0 radical (unpaired) electrons. The number of rotatable bonds is 20. The standard InChI is InChI=1S/C39H62N10O8/c1-40-19-27(50)18-32-39(57)48-31(15-23-8-6-9-24(14-23)25-11-12-34(52)26(16-25)17-30(43-4)38(56)49-32)36(54)47-22-33(44-5)37(55)45-13-7-10-29(42-3)35(53)46-21-28(51)20-41-2/h6,8-9,11-12,14,16,27-33,40-44,50-52H,7,10,13,15,17-22H2,1-5H3,(H,45,55)(H,46,53)(H,47,54)(H,48,57)(H,49,56)/t27-,28?,29+,30+,31+,32+,33+/m1/s1. The largest absolute Gasteiger partial charge is 0.508 e. The van der Waals surface area contributed by atoms with E-state index >= 15 is 0 Å². The molecule has 57 heavy (non-hydrogen) atoms. The fourth-order valence-electron chi connectivity index (χ4n) is 6.51. The molecule has 18 heteroatoms. The summed E-state index contributed by atoms with van der Waals surface area (Å²) >= 11 is 0. The molecule has 1 aliphatic heterocycles. The van der Waals surface area contributed by atoms with Crippen molar-refractivity contribution in [3.8, 4) is 16.9 Å².